The van der Waals surface area contributed by atoms with E-state index >= 15 is 0 Å². The van der Waals surface area contributed by atoms with E-state index in [9.17, 15) is 4.79 Å². The van der Waals surface area contributed by atoms with Gasteiger partial charge in [0.1, 0.15) is 19.0 Å². The van der Waals surface area contributed by atoms with Crippen LogP contribution in [-0.2, 0) is 19.0 Å². The van der Waals surface area contributed by atoms with Crippen LogP contribution in [0.15, 0.2) is 30.3 Å². The molecule has 5 nitrogen and oxygen atoms in total. The van der Waals surface area contributed by atoms with Crippen molar-refractivity contribution in [2.45, 2.75) is 76.7 Å². The van der Waals surface area contributed by atoms with Crippen molar-refractivity contribution in [1.82, 2.24) is 0 Å². The maximum atomic E-state index is 12.5. The summed E-state index contributed by atoms with van der Waals surface area (Å²) in [7, 11) is 0. The molecule has 2 aliphatic rings. The first-order chi connectivity index (χ1) is 15.3. The van der Waals surface area contributed by atoms with Crippen LogP contribution in [0.4, 0.5) is 0 Å². The van der Waals surface area contributed by atoms with E-state index in [0.717, 1.165) is 57.3 Å². The number of rotatable bonds is 11. The second-order valence-corrected chi connectivity index (χ2v) is 8.96. The summed E-state index contributed by atoms with van der Waals surface area (Å²) < 4.78 is 23.0. The molecule has 174 valence electrons. The van der Waals surface area contributed by atoms with Crippen molar-refractivity contribution >= 4 is 5.97 Å². The van der Waals surface area contributed by atoms with Crippen LogP contribution >= 0.6 is 0 Å². The van der Waals surface area contributed by atoms with E-state index in [1.807, 2.05) is 30.3 Å². The van der Waals surface area contributed by atoms with E-state index in [2.05, 4.69) is 0 Å². The Morgan fingerprint density at radius 2 is 1.58 bits per heavy atom. The molecule has 1 aromatic carbocycles. The van der Waals surface area contributed by atoms with Crippen LogP contribution in [0.5, 0.6) is 5.75 Å². The number of ether oxygens (including phenoxy) is 4. The quantitative estimate of drug-likeness (QED) is 0.260. The van der Waals surface area contributed by atoms with Crippen molar-refractivity contribution in [3.8, 4) is 5.75 Å². The van der Waals surface area contributed by atoms with Gasteiger partial charge in [-0.3, -0.25) is 4.79 Å². The highest BCUT2D eigenvalue weighted by atomic mass is 16.6. The van der Waals surface area contributed by atoms with Crippen molar-refractivity contribution in [1.29, 1.82) is 0 Å². The summed E-state index contributed by atoms with van der Waals surface area (Å²) in [5, 5.41) is 0. The fourth-order valence-corrected chi connectivity index (χ4v) is 4.65. The van der Waals surface area contributed by atoms with Gasteiger partial charge in [-0.1, -0.05) is 50.3 Å². The highest BCUT2D eigenvalue weighted by Crippen LogP contribution is 2.28. The molecule has 0 aromatic heterocycles. The molecule has 0 spiro atoms. The normalized spacial score (nSPS) is 23.0. The molecule has 2 fully saturated rings. The third-order valence-corrected chi connectivity index (χ3v) is 6.50. The summed E-state index contributed by atoms with van der Waals surface area (Å²) in [6.07, 6.45) is 12.9. The van der Waals surface area contributed by atoms with Crippen LogP contribution in [0.25, 0.3) is 0 Å². The molecule has 0 amide bonds. The van der Waals surface area contributed by atoms with Gasteiger partial charge in [0.25, 0.3) is 0 Å². The molecule has 0 bridgehead atoms. The second kappa shape index (κ2) is 14.5. The van der Waals surface area contributed by atoms with Crippen LogP contribution < -0.4 is 4.74 Å². The number of carbonyl (C=O) groups is 1. The molecule has 5 heteroatoms. The molecule has 31 heavy (non-hydrogen) atoms. The highest BCUT2D eigenvalue weighted by Gasteiger charge is 2.25. The van der Waals surface area contributed by atoms with Crippen molar-refractivity contribution in [2.24, 2.45) is 11.8 Å². The van der Waals surface area contributed by atoms with Gasteiger partial charge in [-0.05, 0) is 56.6 Å². The van der Waals surface area contributed by atoms with Crippen LogP contribution in [0, 0.1) is 11.8 Å². The van der Waals surface area contributed by atoms with E-state index in [4.69, 9.17) is 18.9 Å². The van der Waals surface area contributed by atoms with Gasteiger partial charge in [0.05, 0.1) is 25.2 Å². The number of hydrogen-bond acceptors (Lipinski definition) is 5. The third-order valence-electron chi connectivity index (χ3n) is 6.50. The predicted octanol–water partition coefficient (Wildman–Crippen LogP) is 5.56. The minimum absolute atomic E-state index is 0.0318. The van der Waals surface area contributed by atoms with Crippen molar-refractivity contribution in [3.63, 3.8) is 0 Å². The van der Waals surface area contributed by atoms with Gasteiger partial charge < -0.3 is 18.9 Å². The third kappa shape index (κ3) is 9.61. The summed E-state index contributed by atoms with van der Waals surface area (Å²) in [5.74, 6) is 1.39. The maximum absolute atomic E-state index is 12.5. The molecular formula is C26H40O5. The molecule has 3 rings (SSSR count). The molecule has 0 aliphatic heterocycles. The molecular weight excluding hydrogens is 392 g/mol. The monoisotopic (exact) mass is 432 g/mol. The van der Waals surface area contributed by atoms with Crippen molar-refractivity contribution in [2.75, 3.05) is 33.0 Å². The lowest BCUT2D eigenvalue weighted by Gasteiger charge is -2.17. The number of benzene rings is 1. The molecule has 1 aromatic rings. The summed E-state index contributed by atoms with van der Waals surface area (Å²) in [6.45, 7) is 2.83. The van der Waals surface area contributed by atoms with Gasteiger partial charge in [-0.2, -0.15) is 0 Å². The minimum Gasteiger partial charge on any atom is -0.491 e. The van der Waals surface area contributed by atoms with E-state index < -0.39 is 0 Å². The van der Waals surface area contributed by atoms with Crippen molar-refractivity contribution in [3.05, 3.63) is 30.3 Å². The standard InChI is InChI=1S/C26H40O5/c27-26(31-20-19-30-25-11-4-1-2-5-12-25)23-10-8-9-22(15-16-23)21-28-17-18-29-24-13-6-3-7-14-24/h3,6-7,13-14,22-23,25H,1-2,4-5,8-12,15-21H2. The van der Waals surface area contributed by atoms with Gasteiger partial charge in [0.15, 0.2) is 0 Å². The predicted molar refractivity (Wildman–Crippen MR) is 121 cm³/mol. The molecule has 0 N–H and O–H groups in total. The molecule has 2 unspecified atom stereocenters. The van der Waals surface area contributed by atoms with Crippen LogP contribution in [0.3, 0.4) is 0 Å². The Morgan fingerprint density at radius 3 is 2.39 bits per heavy atom. The lowest BCUT2D eigenvalue weighted by molar-refractivity contribution is -0.151. The Kier molecular flexibility index (Phi) is 11.2. The highest BCUT2D eigenvalue weighted by molar-refractivity contribution is 5.72. The second-order valence-electron chi connectivity index (χ2n) is 8.96. The summed E-state index contributed by atoms with van der Waals surface area (Å²) >= 11 is 0. The fourth-order valence-electron chi connectivity index (χ4n) is 4.65. The van der Waals surface area contributed by atoms with Gasteiger partial charge in [-0.25, -0.2) is 0 Å². The largest absolute Gasteiger partial charge is 0.491 e. The van der Waals surface area contributed by atoms with E-state index in [1.165, 1.54) is 25.7 Å². The molecule has 2 aliphatic carbocycles. The first-order valence-corrected chi connectivity index (χ1v) is 12.3. The van der Waals surface area contributed by atoms with Gasteiger partial charge in [0.2, 0.25) is 0 Å². The molecule has 2 atom stereocenters. The van der Waals surface area contributed by atoms with Gasteiger partial charge in [-0.15, -0.1) is 0 Å². The Morgan fingerprint density at radius 1 is 0.774 bits per heavy atom. The Balaban J connectivity index is 1.23. The number of carbonyl (C=O) groups excluding carboxylic acids is 1. The van der Waals surface area contributed by atoms with Crippen LogP contribution in [-0.4, -0.2) is 45.1 Å². The molecule has 0 heterocycles. The Bertz CT molecular complexity index is 597. The van der Waals surface area contributed by atoms with Gasteiger partial charge >= 0.3 is 5.97 Å². The van der Waals surface area contributed by atoms with E-state index in [-0.39, 0.29) is 11.9 Å². The summed E-state index contributed by atoms with van der Waals surface area (Å²) in [6, 6.07) is 9.81. The first kappa shape index (κ1) is 24.1. The van der Waals surface area contributed by atoms with Crippen LogP contribution in [0.2, 0.25) is 0 Å². The number of para-hydroxylation sites is 1. The minimum atomic E-state index is -0.0395. The molecule has 0 saturated heterocycles. The lowest BCUT2D eigenvalue weighted by Crippen LogP contribution is -2.21. The molecule has 0 radical (unpaired) electrons. The summed E-state index contributed by atoms with van der Waals surface area (Å²) in [4.78, 5) is 12.5. The van der Waals surface area contributed by atoms with Crippen LogP contribution in [0.1, 0.15) is 70.6 Å². The smallest absolute Gasteiger partial charge is 0.309 e. The number of esters is 1. The average molecular weight is 433 g/mol. The van der Waals surface area contributed by atoms with Gasteiger partial charge in [0, 0.05) is 6.61 Å². The van der Waals surface area contributed by atoms with E-state index in [1.54, 1.807) is 0 Å². The zero-order chi connectivity index (χ0) is 21.6. The first-order valence-electron chi connectivity index (χ1n) is 12.3. The zero-order valence-electron chi connectivity index (χ0n) is 19.0. The molecule has 2 saturated carbocycles. The van der Waals surface area contributed by atoms with Crippen molar-refractivity contribution < 1.29 is 23.7 Å². The topological polar surface area (TPSA) is 54.0 Å². The lowest BCUT2D eigenvalue weighted by atomic mass is 9.99. The van der Waals surface area contributed by atoms with E-state index in [0.29, 0.717) is 38.4 Å². The number of hydrogen-bond donors (Lipinski definition) is 0. The SMILES string of the molecule is O=C(OCCOC1CCCCCC1)C1CCCC(COCCOc2ccccc2)CC1. The Hall–Kier alpha value is -1.59. The Labute approximate surface area is 187 Å². The zero-order valence-corrected chi connectivity index (χ0v) is 19.0. The fraction of sp³-hybridized carbons (Fsp3) is 0.731. The average Bonchev–Trinajstić information content (AvgIpc) is 3.20. The summed E-state index contributed by atoms with van der Waals surface area (Å²) in [5.41, 5.74) is 0. The maximum Gasteiger partial charge on any atom is 0.309 e.